The normalized spacial score (nSPS) is 27.2. The van der Waals surface area contributed by atoms with Gasteiger partial charge in [-0.25, -0.2) is 0 Å². The first-order valence-electron chi connectivity index (χ1n) is 9.37. The SMILES string of the molecule is CC1(C)Cc2ccc(C(=O)N3CCC[C@]4(CC=CCC4)C3)c(O)c2O1. The van der Waals surface area contributed by atoms with Crippen LogP contribution in [0.1, 0.15) is 61.9 Å². The third-order valence-corrected chi connectivity index (χ3v) is 5.95. The Kier molecular flexibility index (Phi) is 3.82. The van der Waals surface area contributed by atoms with Crippen LogP contribution in [0, 0.1) is 5.41 Å². The topological polar surface area (TPSA) is 49.8 Å². The number of phenolic OH excluding ortho intramolecular Hbond substituents is 1. The molecule has 2 aliphatic heterocycles. The van der Waals surface area contributed by atoms with E-state index in [0.717, 1.165) is 50.8 Å². The minimum atomic E-state index is -0.328. The highest BCUT2D eigenvalue weighted by Crippen LogP contribution is 2.45. The molecule has 134 valence electrons. The number of benzene rings is 1. The van der Waals surface area contributed by atoms with Gasteiger partial charge in [0, 0.05) is 25.1 Å². The molecule has 0 aromatic heterocycles. The fourth-order valence-corrected chi connectivity index (χ4v) is 4.67. The van der Waals surface area contributed by atoms with Crippen molar-refractivity contribution in [2.24, 2.45) is 5.41 Å². The van der Waals surface area contributed by atoms with E-state index in [2.05, 4.69) is 12.2 Å². The molecule has 0 bridgehead atoms. The second kappa shape index (κ2) is 5.79. The minimum absolute atomic E-state index is 0.0104. The van der Waals surface area contributed by atoms with Crippen molar-refractivity contribution in [3.63, 3.8) is 0 Å². The van der Waals surface area contributed by atoms with Crippen molar-refractivity contribution in [3.8, 4) is 11.5 Å². The molecule has 1 aromatic rings. The van der Waals surface area contributed by atoms with E-state index in [1.165, 1.54) is 6.42 Å². The van der Waals surface area contributed by atoms with Crippen molar-refractivity contribution in [3.05, 3.63) is 35.4 Å². The van der Waals surface area contributed by atoms with Gasteiger partial charge in [0.2, 0.25) is 0 Å². The maximum Gasteiger partial charge on any atom is 0.257 e. The molecule has 2 heterocycles. The van der Waals surface area contributed by atoms with E-state index >= 15 is 0 Å². The fraction of sp³-hybridized carbons (Fsp3) is 0.571. The van der Waals surface area contributed by atoms with Gasteiger partial charge in [0.05, 0.1) is 5.56 Å². The summed E-state index contributed by atoms with van der Waals surface area (Å²) in [7, 11) is 0. The summed E-state index contributed by atoms with van der Waals surface area (Å²) in [5.74, 6) is 0.432. The zero-order valence-corrected chi connectivity index (χ0v) is 15.2. The lowest BCUT2D eigenvalue weighted by molar-refractivity contribution is 0.0480. The van der Waals surface area contributed by atoms with Crippen LogP contribution >= 0.6 is 0 Å². The summed E-state index contributed by atoms with van der Waals surface area (Å²) in [4.78, 5) is 15.0. The summed E-state index contributed by atoms with van der Waals surface area (Å²) < 4.78 is 5.88. The number of piperidine rings is 1. The number of allylic oxidation sites excluding steroid dienone is 2. The molecule has 3 aliphatic rings. The van der Waals surface area contributed by atoms with E-state index in [0.29, 0.717) is 11.3 Å². The van der Waals surface area contributed by atoms with Gasteiger partial charge < -0.3 is 14.7 Å². The lowest BCUT2D eigenvalue weighted by Gasteiger charge is -2.44. The number of amides is 1. The molecule has 1 atom stereocenters. The van der Waals surface area contributed by atoms with Gasteiger partial charge in [-0.3, -0.25) is 4.79 Å². The van der Waals surface area contributed by atoms with Crippen LogP contribution in [0.5, 0.6) is 11.5 Å². The Balaban J connectivity index is 1.59. The number of carbonyl (C=O) groups excluding carboxylic acids is 1. The number of carbonyl (C=O) groups is 1. The van der Waals surface area contributed by atoms with Crippen LogP contribution in [0.15, 0.2) is 24.3 Å². The number of aromatic hydroxyl groups is 1. The number of fused-ring (bicyclic) bond motifs is 1. The summed E-state index contributed by atoms with van der Waals surface area (Å²) in [5, 5.41) is 10.7. The molecular formula is C21H27NO3. The molecule has 1 saturated heterocycles. The maximum atomic E-state index is 13.1. The Morgan fingerprint density at radius 1 is 1.24 bits per heavy atom. The van der Waals surface area contributed by atoms with Gasteiger partial charge in [0.15, 0.2) is 11.5 Å². The molecule has 0 unspecified atom stereocenters. The van der Waals surface area contributed by atoms with E-state index < -0.39 is 0 Å². The van der Waals surface area contributed by atoms with Gasteiger partial charge in [0.25, 0.3) is 5.91 Å². The molecule has 4 rings (SSSR count). The Morgan fingerprint density at radius 2 is 2.08 bits per heavy atom. The number of nitrogens with zero attached hydrogens (tertiary/aromatic N) is 1. The van der Waals surface area contributed by atoms with E-state index in [9.17, 15) is 9.90 Å². The molecule has 1 N–H and O–H groups in total. The summed E-state index contributed by atoms with van der Waals surface area (Å²) >= 11 is 0. The standard InChI is InChI=1S/C21H27NO3/c1-20(2)13-15-7-8-16(17(23)18(15)25-20)19(24)22-12-6-11-21(14-22)9-4-3-5-10-21/h3-4,7-8,23H,5-6,9-14H2,1-2H3/t21-/m1/s1. The van der Waals surface area contributed by atoms with Gasteiger partial charge >= 0.3 is 0 Å². The molecule has 0 radical (unpaired) electrons. The number of likely N-dealkylation sites (tertiary alicyclic amines) is 1. The van der Waals surface area contributed by atoms with E-state index in [4.69, 9.17) is 4.74 Å². The quantitative estimate of drug-likeness (QED) is 0.784. The van der Waals surface area contributed by atoms with Crippen LogP contribution in [-0.2, 0) is 6.42 Å². The zero-order chi connectivity index (χ0) is 17.7. The highest BCUT2D eigenvalue weighted by molar-refractivity contribution is 5.98. The number of hydrogen-bond acceptors (Lipinski definition) is 3. The Labute approximate surface area is 149 Å². The van der Waals surface area contributed by atoms with Gasteiger partial charge in [-0.1, -0.05) is 18.2 Å². The van der Waals surface area contributed by atoms with Crippen molar-refractivity contribution in [1.29, 1.82) is 0 Å². The van der Waals surface area contributed by atoms with Gasteiger partial charge in [0.1, 0.15) is 5.60 Å². The van der Waals surface area contributed by atoms with Crippen LogP contribution < -0.4 is 4.74 Å². The second-order valence-electron chi connectivity index (χ2n) is 8.53. The van der Waals surface area contributed by atoms with Crippen LogP contribution in [-0.4, -0.2) is 34.6 Å². The predicted molar refractivity (Wildman–Crippen MR) is 97.1 cm³/mol. The molecule has 4 heteroatoms. The molecule has 1 fully saturated rings. The van der Waals surface area contributed by atoms with Crippen LogP contribution in [0.3, 0.4) is 0 Å². The van der Waals surface area contributed by atoms with Crippen LogP contribution in [0.2, 0.25) is 0 Å². The highest BCUT2D eigenvalue weighted by atomic mass is 16.5. The van der Waals surface area contributed by atoms with Crippen molar-refractivity contribution >= 4 is 5.91 Å². The molecule has 1 spiro atoms. The second-order valence-corrected chi connectivity index (χ2v) is 8.53. The Morgan fingerprint density at radius 3 is 2.84 bits per heavy atom. The third kappa shape index (κ3) is 2.92. The molecule has 25 heavy (non-hydrogen) atoms. The Hall–Kier alpha value is -1.97. The van der Waals surface area contributed by atoms with Crippen molar-refractivity contribution in [2.75, 3.05) is 13.1 Å². The summed E-state index contributed by atoms with van der Waals surface area (Å²) in [6.07, 6.45) is 10.8. The molecule has 0 saturated carbocycles. The summed E-state index contributed by atoms with van der Waals surface area (Å²) in [6, 6.07) is 3.70. The van der Waals surface area contributed by atoms with E-state index in [-0.39, 0.29) is 22.7 Å². The molecule has 4 nitrogen and oxygen atoms in total. The van der Waals surface area contributed by atoms with E-state index in [1.54, 1.807) is 6.07 Å². The van der Waals surface area contributed by atoms with Crippen molar-refractivity contribution in [2.45, 2.75) is 58.0 Å². The number of ether oxygens (including phenoxy) is 1. The lowest BCUT2D eigenvalue weighted by atomic mass is 9.71. The van der Waals surface area contributed by atoms with Gasteiger partial charge in [-0.15, -0.1) is 0 Å². The number of rotatable bonds is 1. The minimum Gasteiger partial charge on any atom is -0.504 e. The van der Waals surface area contributed by atoms with Crippen molar-refractivity contribution in [1.82, 2.24) is 4.90 Å². The fourth-order valence-electron chi connectivity index (χ4n) is 4.67. The Bertz CT molecular complexity index is 737. The first-order valence-corrected chi connectivity index (χ1v) is 9.37. The largest absolute Gasteiger partial charge is 0.504 e. The van der Waals surface area contributed by atoms with E-state index in [1.807, 2.05) is 24.8 Å². The third-order valence-electron chi connectivity index (χ3n) is 5.95. The molecule has 1 amide bonds. The predicted octanol–water partition coefficient (Wildman–Crippen LogP) is 4.07. The molecule has 1 aliphatic carbocycles. The first kappa shape index (κ1) is 16.5. The van der Waals surface area contributed by atoms with Crippen LogP contribution in [0.25, 0.3) is 0 Å². The summed E-state index contributed by atoms with van der Waals surface area (Å²) in [5.41, 5.74) is 1.25. The van der Waals surface area contributed by atoms with Crippen molar-refractivity contribution < 1.29 is 14.6 Å². The summed E-state index contributed by atoms with van der Waals surface area (Å²) in [6.45, 7) is 5.56. The van der Waals surface area contributed by atoms with Gasteiger partial charge in [-0.05, 0) is 57.4 Å². The lowest BCUT2D eigenvalue weighted by Crippen LogP contribution is -2.46. The average Bonchev–Trinajstić information content (AvgIpc) is 2.91. The first-order chi connectivity index (χ1) is 11.9. The number of hydrogen-bond donors (Lipinski definition) is 1. The maximum absolute atomic E-state index is 13.1. The number of phenols is 1. The monoisotopic (exact) mass is 341 g/mol. The molecular weight excluding hydrogens is 314 g/mol. The van der Waals surface area contributed by atoms with Crippen LogP contribution in [0.4, 0.5) is 0 Å². The zero-order valence-electron chi connectivity index (χ0n) is 15.2. The van der Waals surface area contributed by atoms with Gasteiger partial charge in [-0.2, -0.15) is 0 Å². The smallest absolute Gasteiger partial charge is 0.257 e. The average molecular weight is 341 g/mol. The molecule has 1 aromatic carbocycles. The highest BCUT2D eigenvalue weighted by Gasteiger charge is 2.39.